The molecule has 5 heteroatoms. The molecule has 0 unspecified atom stereocenters. The molecule has 1 fully saturated rings. The summed E-state index contributed by atoms with van der Waals surface area (Å²) in [5, 5.41) is 1.22. The Balaban J connectivity index is 1.83. The number of thiocarbonyl (C=S) groups is 1. The molecule has 0 atom stereocenters. The van der Waals surface area contributed by atoms with Gasteiger partial charge in [0.05, 0.1) is 5.69 Å². The minimum Gasteiger partial charge on any atom is -0.335 e. The molecule has 0 radical (unpaired) electrons. The van der Waals surface area contributed by atoms with E-state index in [9.17, 15) is 4.79 Å². The van der Waals surface area contributed by atoms with Crippen LogP contribution in [0.5, 0.6) is 0 Å². The summed E-state index contributed by atoms with van der Waals surface area (Å²) >= 11 is 11.5. The summed E-state index contributed by atoms with van der Waals surface area (Å²) < 4.78 is 0. The number of benzene rings is 2. The van der Waals surface area contributed by atoms with Gasteiger partial charge >= 0.3 is 0 Å². The molecule has 3 rings (SSSR count). The zero-order valence-corrected chi connectivity index (χ0v) is 13.7. The van der Waals surface area contributed by atoms with E-state index in [1.807, 2.05) is 54.3 Å². The van der Waals surface area contributed by atoms with E-state index in [2.05, 4.69) is 0 Å². The maximum Gasteiger partial charge on any atom is 0.252 e. The monoisotopic (exact) mass is 330 g/mol. The highest BCUT2D eigenvalue weighted by Crippen LogP contribution is 2.27. The Morgan fingerprint density at radius 2 is 1.91 bits per heavy atom. The number of rotatable bonds is 3. The Hall–Kier alpha value is -1.91. The van der Waals surface area contributed by atoms with E-state index >= 15 is 0 Å². The van der Waals surface area contributed by atoms with Gasteiger partial charge in [-0.15, -0.1) is 0 Å². The van der Waals surface area contributed by atoms with E-state index in [1.54, 1.807) is 11.0 Å². The maximum absolute atomic E-state index is 12.3. The Kier molecular flexibility index (Phi) is 4.14. The van der Waals surface area contributed by atoms with Crippen molar-refractivity contribution in [3.8, 4) is 0 Å². The van der Waals surface area contributed by atoms with Crippen molar-refractivity contribution < 1.29 is 4.79 Å². The number of halogens is 1. The van der Waals surface area contributed by atoms with E-state index < -0.39 is 0 Å². The first-order chi connectivity index (χ1) is 10.6. The standard InChI is InChI=1S/C17H15ClN2OS/c1-12-9-14(7-8-15(12)18)20-16(21)11-19(17(20)22)10-13-5-3-2-4-6-13/h2-9H,10-11H2,1H3. The van der Waals surface area contributed by atoms with Crippen LogP contribution in [0.1, 0.15) is 11.1 Å². The van der Waals surface area contributed by atoms with Crippen LogP contribution < -0.4 is 4.90 Å². The molecule has 0 bridgehead atoms. The van der Waals surface area contributed by atoms with Gasteiger partial charge in [-0.2, -0.15) is 0 Å². The molecule has 0 aliphatic carbocycles. The molecular formula is C17H15ClN2OS. The number of carbonyl (C=O) groups excluding carboxylic acids is 1. The molecule has 1 saturated heterocycles. The van der Waals surface area contributed by atoms with Crippen LogP contribution in [0.25, 0.3) is 0 Å². The number of nitrogens with zero attached hydrogens (tertiary/aromatic N) is 2. The molecule has 1 amide bonds. The van der Waals surface area contributed by atoms with Gasteiger partial charge in [-0.25, -0.2) is 0 Å². The third kappa shape index (κ3) is 2.85. The van der Waals surface area contributed by atoms with Crippen molar-refractivity contribution in [2.75, 3.05) is 11.4 Å². The van der Waals surface area contributed by atoms with Gasteiger partial charge in [0.2, 0.25) is 0 Å². The van der Waals surface area contributed by atoms with Crippen molar-refractivity contribution in [2.24, 2.45) is 0 Å². The molecule has 0 saturated carbocycles. The summed E-state index contributed by atoms with van der Waals surface area (Å²) in [6.07, 6.45) is 0. The molecule has 1 aliphatic heterocycles. The van der Waals surface area contributed by atoms with Crippen molar-refractivity contribution in [1.29, 1.82) is 0 Å². The van der Waals surface area contributed by atoms with Crippen LogP contribution in [0.3, 0.4) is 0 Å². The highest BCUT2D eigenvalue weighted by molar-refractivity contribution is 7.80. The molecule has 0 aromatic heterocycles. The second kappa shape index (κ2) is 6.07. The van der Waals surface area contributed by atoms with E-state index in [-0.39, 0.29) is 5.91 Å². The number of carbonyl (C=O) groups is 1. The molecule has 3 nitrogen and oxygen atoms in total. The van der Waals surface area contributed by atoms with Crippen LogP contribution >= 0.6 is 23.8 Å². The van der Waals surface area contributed by atoms with Gasteiger partial charge in [-0.1, -0.05) is 41.9 Å². The van der Waals surface area contributed by atoms with Gasteiger partial charge in [0.25, 0.3) is 5.91 Å². The number of aryl methyl sites for hydroxylation is 1. The smallest absolute Gasteiger partial charge is 0.252 e. The average Bonchev–Trinajstić information content (AvgIpc) is 2.78. The Morgan fingerprint density at radius 1 is 1.18 bits per heavy atom. The summed E-state index contributed by atoms with van der Waals surface area (Å²) in [6.45, 7) is 2.85. The average molecular weight is 331 g/mol. The molecule has 2 aromatic carbocycles. The molecule has 0 spiro atoms. The lowest BCUT2D eigenvalue weighted by Crippen LogP contribution is -2.32. The second-order valence-corrected chi connectivity index (χ2v) is 6.06. The van der Waals surface area contributed by atoms with Gasteiger partial charge in [0.1, 0.15) is 6.54 Å². The van der Waals surface area contributed by atoms with E-state index in [0.717, 1.165) is 16.8 Å². The maximum atomic E-state index is 12.3. The summed E-state index contributed by atoms with van der Waals surface area (Å²) in [5.74, 6) is -0.0114. The summed E-state index contributed by atoms with van der Waals surface area (Å²) in [6, 6.07) is 15.5. The zero-order valence-electron chi connectivity index (χ0n) is 12.1. The minimum absolute atomic E-state index is 0.0114. The lowest BCUT2D eigenvalue weighted by Gasteiger charge is -2.20. The van der Waals surface area contributed by atoms with Crippen molar-refractivity contribution in [1.82, 2.24) is 4.90 Å². The third-order valence-corrected chi connectivity index (χ3v) is 4.52. The van der Waals surface area contributed by atoms with Gasteiger partial charge in [-0.05, 0) is 48.5 Å². The number of hydrogen-bond acceptors (Lipinski definition) is 2. The van der Waals surface area contributed by atoms with Gasteiger partial charge < -0.3 is 4.90 Å². The predicted octanol–water partition coefficient (Wildman–Crippen LogP) is 3.78. The van der Waals surface area contributed by atoms with Gasteiger partial charge in [0, 0.05) is 11.6 Å². The van der Waals surface area contributed by atoms with Crippen molar-refractivity contribution in [2.45, 2.75) is 13.5 Å². The van der Waals surface area contributed by atoms with Gasteiger partial charge in [-0.3, -0.25) is 9.69 Å². The topological polar surface area (TPSA) is 23.6 Å². The Labute approximate surface area is 140 Å². The Bertz CT molecular complexity index is 733. The minimum atomic E-state index is -0.0114. The van der Waals surface area contributed by atoms with Crippen LogP contribution in [0.15, 0.2) is 48.5 Å². The van der Waals surface area contributed by atoms with Crippen LogP contribution in [-0.2, 0) is 11.3 Å². The van der Waals surface area contributed by atoms with Crippen molar-refractivity contribution in [3.63, 3.8) is 0 Å². The fraction of sp³-hybridized carbons (Fsp3) is 0.176. The largest absolute Gasteiger partial charge is 0.335 e. The van der Waals surface area contributed by atoms with E-state index in [1.165, 1.54) is 0 Å². The molecule has 1 aliphatic rings. The van der Waals surface area contributed by atoms with Gasteiger partial charge in [0.15, 0.2) is 5.11 Å². The molecule has 22 heavy (non-hydrogen) atoms. The van der Waals surface area contributed by atoms with Crippen LogP contribution in [0.2, 0.25) is 5.02 Å². The summed E-state index contributed by atoms with van der Waals surface area (Å²) in [4.78, 5) is 15.8. The number of anilines is 1. The fourth-order valence-corrected chi connectivity index (χ4v) is 2.95. The highest BCUT2D eigenvalue weighted by atomic mass is 35.5. The zero-order chi connectivity index (χ0) is 15.7. The van der Waals surface area contributed by atoms with Crippen LogP contribution in [0.4, 0.5) is 5.69 Å². The normalized spacial score (nSPS) is 14.8. The molecule has 1 heterocycles. The highest BCUT2D eigenvalue weighted by Gasteiger charge is 2.33. The first-order valence-corrected chi connectivity index (χ1v) is 7.77. The number of hydrogen-bond donors (Lipinski definition) is 0. The first kappa shape index (κ1) is 15.0. The quantitative estimate of drug-likeness (QED) is 0.800. The van der Waals surface area contributed by atoms with E-state index in [4.69, 9.17) is 23.8 Å². The summed E-state index contributed by atoms with van der Waals surface area (Å²) in [5.41, 5.74) is 2.83. The second-order valence-electron chi connectivity index (χ2n) is 5.29. The first-order valence-electron chi connectivity index (χ1n) is 6.98. The predicted molar refractivity (Wildman–Crippen MR) is 93.1 cm³/mol. The van der Waals surface area contributed by atoms with Crippen LogP contribution in [0, 0.1) is 6.92 Å². The molecular weight excluding hydrogens is 316 g/mol. The van der Waals surface area contributed by atoms with Crippen LogP contribution in [-0.4, -0.2) is 22.5 Å². The number of amides is 1. The lowest BCUT2D eigenvalue weighted by molar-refractivity contribution is -0.116. The SMILES string of the molecule is Cc1cc(N2C(=O)CN(Cc3ccccc3)C2=S)ccc1Cl. The molecule has 2 aromatic rings. The van der Waals surface area contributed by atoms with Crippen molar-refractivity contribution in [3.05, 3.63) is 64.7 Å². The fourth-order valence-electron chi connectivity index (χ4n) is 2.50. The van der Waals surface area contributed by atoms with E-state index in [0.29, 0.717) is 23.2 Å². The lowest BCUT2D eigenvalue weighted by atomic mass is 10.2. The summed E-state index contributed by atoms with van der Waals surface area (Å²) in [7, 11) is 0. The molecule has 112 valence electrons. The third-order valence-electron chi connectivity index (χ3n) is 3.65. The Morgan fingerprint density at radius 3 is 2.59 bits per heavy atom. The van der Waals surface area contributed by atoms with Crippen molar-refractivity contribution >= 4 is 40.5 Å². The molecule has 0 N–H and O–H groups in total.